The lowest BCUT2D eigenvalue weighted by Gasteiger charge is -2.35. The van der Waals surface area contributed by atoms with Gasteiger partial charge in [0.1, 0.15) is 5.41 Å². The second-order valence-corrected chi connectivity index (χ2v) is 5.13. The van der Waals surface area contributed by atoms with E-state index in [9.17, 15) is 9.59 Å². The fraction of sp³-hybridized carbons (Fsp3) is 0.727. The minimum atomic E-state index is -1.18. The SMILES string of the molecule is CC(C)CCC1(CCO)C(=O)NC(=S)NC1=O. The highest BCUT2D eigenvalue weighted by Crippen LogP contribution is 2.32. The smallest absolute Gasteiger partial charge is 0.241 e. The summed E-state index contributed by atoms with van der Waals surface area (Å²) in [6, 6.07) is 0. The molecule has 0 saturated carbocycles. The molecule has 1 aliphatic heterocycles. The highest BCUT2D eigenvalue weighted by atomic mass is 32.1. The normalized spacial score (nSPS) is 19.2. The van der Waals surface area contributed by atoms with Crippen molar-refractivity contribution < 1.29 is 14.7 Å². The first kappa shape index (κ1) is 14.1. The number of amides is 2. The van der Waals surface area contributed by atoms with Crippen LogP contribution in [0.1, 0.15) is 33.1 Å². The van der Waals surface area contributed by atoms with E-state index in [0.29, 0.717) is 12.3 Å². The summed E-state index contributed by atoms with van der Waals surface area (Å²) in [6.45, 7) is 3.84. The molecule has 0 atom stereocenters. The highest BCUT2D eigenvalue weighted by Gasteiger charge is 2.48. The Morgan fingerprint density at radius 1 is 1.24 bits per heavy atom. The molecule has 0 radical (unpaired) electrons. The molecule has 0 unspecified atom stereocenters. The van der Waals surface area contributed by atoms with E-state index in [1.54, 1.807) is 0 Å². The van der Waals surface area contributed by atoms with Crippen molar-refractivity contribution in [2.75, 3.05) is 6.61 Å². The van der Waals surface area contributed by atoms with Crippen LogP contribution in [0.3, 0.4) is 0 Å². The fourth-order valence-corrected chi connectivity index (χ4v) is 2.07. The molecule has 1 rings (SSSR count). The van der Waals surface area contributed by atoms with Crippen molar-refractivity contribution in [3.63, 3.8) is 0 Å². The van der Waals surface area contributed by atoms with Gasteiger partial charge in [-0.2, -0.15) is 0 Å². The Morgan fingerprint density at radius 2 is 1.76 bits per heavy atom. The van der Waals surface area contributed by atoms with Gasteiger partial charge in [0.15, 0.2) is 5.11 Å². The number of thiocarbonyl (C=S) groups is 1. The molecule has 3 N–H and O–H groups in total. The van der Waals surface area contributed by atoms with E-state index in [4.69, 9.17) is 17.3 Å². The number of carbonyl (C=O) groups is 2. The number of hydrogen-bond acceptors (Lipinski definition) is 4. The number of carbonyl (C=O) groups excluding carboxylic acids is 2. The molecule has 6 heteroatoms. The quantitative estimate of drug-likeness (QED) is 0.490. The molecule has 1 saturated heterocycles. The van der Waals surface area contributed by atoms with Crippen molar-refractivity contribution in [2.45, 2.75) is 33.1 Å². The fourth-order valence-electron chi connectivity index (χ4n) is 1.88. The van der Waals surface area contributed by atoms with E-state index in [0.717, 1.165) is 6.42 Å². The van der Waals surface area contributed by atoms with Gasteiger partial charge in [-0.25, -0.2) is 0 Å². The van der Waals surface area contributed by atoms with Crippen LogP contribution in [-0.2, 0) is 9.59 Å². The van der Waals surface area contributed by atoms with E-state index in [1.165, 1.54) is 0 Å². The second kappa shape index (κ2) is 5.55. The molecule has 0 aromatic rings. The Morgan fingerprint density at radius 3 is 2.18 bits per heavy atom. The van der Waals surface area contributed by atoms with E-state index in [1.807, 2.05) is 13.8 Å². The van der Waals surface area contributed by atoms with Gasteiger partial charge in [0.2, 0.25) is 11.8 Å². The summed E-state index contributed by atoms with van der Waals surface area (Å²) < 4.78 is 0. The van der Waals surface area contributed by atoms with E-state index < -0.39 is 17.2 Å². The summed E-state index contributed by atoms with van der Waals surface area (Å²) in [5.41, 5.74) is -1.18. The molecule has 1 fully saturated rings. The van der Waals surface area contributed by atoms with Crippen LogP contribution in [0.25, 0.3) is 0 Å². The second-order valence-electron chi connectivity index (χ2n) is 4.73. The van der Waals surface area contributed by atoms with Crippen LogP contribution < -0.4 is 10.6 Å². The summed E-state index contributed by atoms with van der Waals surface area (Å²) in [7, 11) is 0. The predicted octanol–water partition coefficient (Wildman–Crippen LogP) is 0.322. The van der Waals surface area contributed by atoms with Crippen molar-refractivity contribution in [3.05, 3.63) is 0 Å². The Labute approximate surface area is 106 Å². The van der Waals surface area contributed by atoms with Crippen LogP contribution in [0.5, 0.6) is 0 Å². The minimum absolute atomic E-state index is 0.0399. The van der Waals surface area contributed by atoms with E-state index in [2.05, 4.69) is 10.6 Å². The summed E-state index contributed by atoms with van der Waals surface area (Å²) in [5.74, 6) is -0.415. The molecule has 2 amide bonds. The maximum Gasteiger partial charge on any atom is 0.241 e. The van der Waals surface area contributed by atoms with E-state index >= 15 is 0 Å². The molecule has 96 valence electrons. The topological polar surface area (TPSA) is 78.4 Å². The van der Waals surface area contributed by atoms with Gasteiger partial charge in [-0.15, -0.1) is 0 Å². The molecular weight excluding hydrogens is 240 g/mol. The molecule has 1 aliphatic rings. The van der Waals surface area contributed by atoms with Gasteiger partial charge >= 0.3 is 0 Å². The van der Waals surface area contributed by atoms with Gasteiger partial charge in [0.25, 0.3) is 0 Å². The maximum absolute atomic E-state index is 12.0. The van der Waals surface area contributed by atoms with Crippen LogP contribution >= 0.6 is 12.2 Å². The lowest BCUT2D eigenvalue weighted by atomic mass is 9.76. The molecule has 0 aliphatic carbocycles. The molecule has 5 nitrogen and oxygen atoms in total. The number of hydrogen-bond donors (Lipinski definition) is 3. The van der Waals surface area contributed by atoms with Crippen molar-refractivity contribution in [1.82, 2.24) is 10.6 Å². The van der Waals surface area contributed by atoms with Gasteiger partial charge in [-0.05, 0) is 37.4 Å². The van der Waals surface area contributed by atoms with E-state index in [-0.39, 0.29) is 18.1 Å². The van der Waals surface area contributed by atoms with Crippen LogP contribution in [0.2, 0.25) is 0 Å². The maximum atomic E-state index is 12.0. The molecule has 1 heterocycles. The average molecular weight is 258 g/mol. The highest BCUT2D eigenvalue weighted by molar-refractivity contribution is 7.80. The summed E-state index contributed by atoms with van der Waals surface area (Å²) in [4.78, 5) is 23.9. The number of nitrogens with one attached hydrogen (secondary N) is 2. The van der Waals surface area contributed by atoms with Crippen molar-refractivity contribution in [3.8, 4) is 0 Å². The predicted molar refractivity (Wildman–Crippen MR) is 67.1 cm³/mol. The molecule has 0 aromatic carbocycles. The third kappa shape index (κ3) is 3.01. The molecule has 0 spiro atoms. The summed E-state index contributed by atoms with van der Waals surface area (Å²) in [6.07, 6.45) is 1.29. The van der Waals surface area contributed by atoms with Crippen LogP contribution in [0.4, 0.5) is 0 Å². The zero-order valence-corrected chi connectivity index (χ0v) is 10.9. The lowest BCUT2D eigenvalue weighted by molar-refractivity contribution is -0.145. The largest absolute Gasteiger partial charge is 0.396 e. The van der Waals surface area contributed by atoms with Crippen LogP contribution in [0.15, 0.2) is 0 Å². The Bertz CT molecular complexity index is 322. The lowest BCUT2D eigenvalue weighted by Crippen LogP contribution is -2.62. The van der Waals surface area contributed by atoms with Gasteiger partial charge in [0.05, 0.1) is 0 Å². The van der Waals surface area contributed by atoms with Crippen molar-refractivity contribution in [2.24, 2.45) is 11.3 Å². The molecule has 0 aromatic heterocycles. The Hall–Kier alpha value is -1.01. The van der Waals surface area contributed by atoms with Gasteiger partial charge < -0.3 is 15.7 Å². The summed E-state index contributed by atoms with van der Waals surface area (Å²) in [5, 5.41) is 14.0. The van der Waals surface area contributed by atoms with Gasteiger partial charge in [-0.3, -0.25) is 9.59 Å². The first-order chi connectivity index (χ1) is 7.92. The standard InChI is InChI=1S/C11H18N2O3S/c1-7(2)3-4-11(5-6-14)8(15)12-10(17)13-9(11)16/h7,14H,3-6H2,1-2H3,(H2,12,13,15,16,17). The average Bonchev–Trinajstić information content (AvgIpc) is 2.21. The zero-order valence-electron chi connectivity index (χ0n) is 10.1. The van der Waals surface area contributed by atoms with Crippen molar-refractivity contribution in [1.29, 1.82) is 0 Å². The number of rotatable bonds is 5. The van der Waals surface area contributed by atoms with Crippen molar-refractivity contribution >= 4 is 29.1 Å². The number of aliphatic hydroxyl groups excluding tert-OH is 1. The summed E-state index contributed by atoms with van der Waals surface area (Å²) >= 11 is 4.76. The van der Waals surface area contributed by atoms with Crippen LogP contribution in [-0.4, -0.2) is 28.6 Å². The minimum Gasteiger partial charge on any atom is -0.396 e. The monoisotopic (exact) mass is 258 g/mol. The van der Waals surface area contributed by atoms with Crippen LogP contribution in [0, 0.1) is 11.3 Å². The van der Waals surface area contributed by atoms with Gasteiger partial charge in [0, 0.05) is 6.61 Å². The first-order valence-electron chi connectivity index (χ1n) is 5.70. The van der Waals surface area contributed by atoms with Gasteiger partial charge in [-0.1, -0.05) is 13.8 Å². The molecule has 17 heavy (non-hydrogen) atoms. The Balaban J connectivity index is 2.91. The zero-order chi connectivity index (χ0) is 13.1. The first-order valence-corrected chi connectivity index (χ1v) is 6.11. The number of aliphatic hydroxyl groups is 1. The Kier molecular flexibility index (Phi) is 4.59. The third-order valence-electron chi connectivity index (χ3n) is 3.01. The molecular formula is C11H18N2O3S. The third-order valence-corrected chi connectivity index (χ3v) is 3.21. The molecule has 0 bridgehead atoms.